The minimum Gasteiger partial charge on any atom is -0.322 e. The SMILES string of the molecule is CC1(C)C(=O)N(c2ncccn2)c2cccc(-c3ccc(C(F)(F)F)c(C(=O)Nc4ccccc4)c3)c21.CC1(C)C(=O)N(c2ncccn2)c2cccc(-c3ccc(C(F)(F)F)c(C(=O)Nc4cccnc4)c3)c21.Cc1ccc(NC(=O)c2cc(-c3cccc4c3C(C)(C)C(=O)N4Cc3ncccn3)ccc2C(F)(F)F)cc1. The quantitative estimate of drug-likeness (QED) is 0.0912. The summed E-state index contributed by atoms with van der Waals surface area (Å²) in [6.07, 6.45) is -2.12. The van der Waals surface area contributed by atoms with Gasteiger partial charge in [-0.15, -0.1) is 0 Å². The predicted octanol–water partition coefficient (Wildman–Crippen LogP) is 18.7. The van der Waals surface area contributed by atoms with Crippen molar-refractivity contribution in [3.05, 3.63) is 305 Å². The van der Waals surface area contributed by atoms with E-state index in [0.717, 1.165) is 23.8 Å². The van der Waals surface area contributed by atoms with E-state index in [-0.39, 0.29) is 41.9 Å². The zero-order valence-corrected chi connectivity index (χ0v) is 61.1. The second-order valence-electron chi connectivity index (χ2n) is 28.0. The van der Waals surface area contributed by atoms with Crippen LogP contribution in [0.1, 0.15) is 117 Å². The number of hydrogen-bond donors (Lipinski definition) is 3. The molecule has 0 aliphatic carbocycles. The molecule has 6 amide bonds. The second-order valence-corrected chi connectivity index (χ2v) is 28.0. The number of anilines is 8. The van der Waals surface area contributed by atoms with Crippen molar-refractivity contribution in [1.29, 1.82) is 0 Å². The minimum absolute atomic E-state index is 0.150. The summed E-state index contributed by atoms with van der Waals surface area (Å²) in [5.74, 6) is -2.55. The smallest absolute Gasteiger partial charge is 0.322 e. The molecule has 7 heterocycles. The molecule has 4 aromatic heterocycles. The topological polar surface area (TPSA) is 238 Å². The normalized spacial score (nSPS) is 14.4. The summed E-state index contributed by atoms with van der Waals surface area (Å²) < 4.78 is 125. The number of fused-ring (bicyclic) bond motifs is 3. The molecular weight excluding hydrogens is 1470 g/mol. The third-order valence-electron chi connectivity index (χ3n) is 19.4. The van der Waals surface area contributed by atoms with E-state index in [9.17, 15) is 68.3 Å². The number of para-hydroxylation sites is 1. The summed E-state index contributed by atoms with van der Waals surface area (Å²) in [6, 6.07) is 49.0. The summed E-state index contributed by atoms with van der Waals surface area (Å²) in [7, 11) is 0. The number of nitrogens with one attached hydrogen (secondary N) is 3. The van der Waals surface area contributed by atoms with Crippen molar-refractivity contribution < 1.29 is 68.3 Å². The summed E-state index contributed by atoms with van der Waals surface area (Å²) in [4.78, 5) is 113. The molecule has 28 heteroatoms. The Hall–Kier alpha value is -13.7. The van der Waals surface area contributed by atoms with Gasteiger partial charge < -0.3 is 20.9 Å². The number of pyridine rings is 1. The van der Waals surface area contributed by atoms with Crippen LogP contribution in [0.25, 0.3) is 33.4 Å². The standard InChI is InChI=1S/C30H25F3N4O2.C28H21F3N4O2.C27H20F3N5O2/c1-18-8-11-20(12-9-18)36-27(38)22-16-19(10-13-23(22)30(31,32)33)21-6-4-7-24-26(21)29(2,3)28(39)37(24)17-25-34-14-5-15-35-25;1-27(2)23-19(10-6-11-22(23)35(25(27)37)26-32-14-7-15-33-26)17-12-13-21(28(29,30)31)20(16-17)24(36)34-18-8-4-3-5-9-18;1-26(2)22-18(7-3-8-21(22)35(24(26)37)25-32-12-5-13-33-25)16-9-10-20(27(28,29)30)19(14-16)23(36)34-17-6-4-11-31-15-17/h4-16H,17H2,1-3H3,(H,36,38);3-16H,1-2H3,(H,34,36);3-15H,1-2H3,(H,34,36). The van der Waals surface area contributed by atoms with Gasteiger partial charge >= 0.3 is 18.5 Å². The number of alkyl halides is 9. The first kappa shape index (κ1) is 77.5. The molecule has 0 saturated carbocycles. The van der Waals surface area contributed by atoms with Gasteiger partial charge in [-0.05, 0) is 208 Å². The molecule has 0 bridgehead atoms. The van der Waals surface area contributed by atoms with Gasteiger partial charge in [-0.1, -0.05) is 90.5 Å². The summed E-state index contributed by atoms with van der Waals surface area (Å²) in [6.45, 7) is 12.5. The molecule has 0 fully saturated rings. The van der Waals surface area contributed by atoms with E-state index in [1.807, 2.05) is 6.92 Å². The van der Waals surface area contributed by atoms with Crippen molar-refractivity contribution in [2.45, 2.75) is 89.8 Å². The Labute approximate surface area is 640 Å². The first-order valence-corrected chi connectivity index (χ1v) is 35.0. The van der Waals surface area contributed by atoms with E-state index < -0.39 is 85.9 Å². The lowest BCUT2D eigenvalue weighted by atomic mass is 9.81. The number of carbonyl (C=O) groups excluding carboxylic acids is 6. The first-order valence-electron chi connectivity index (χ1n) is 35.0. The fraction of sp³-hybridized carbons (Fsp3) is 0.165. The monoisotopic (exact) mass is 1540 g/mol. The number of halogens is 9. The van der Waals surface area contributed by atoms with Crippen molar-refractivity contribution in [3.63, 3.8) is 0 Å². The highest BCUT2D eigenvalue weighted by Gasteiger charge is 2.50. The van der Waals surface area contributed by atoms with Crippen LogP contribution in [0, 0.1) is 6.92 Å². The van der Waals surface area contributed by atoms with Crippen LogP contribution in [-0.4, -0.2) is 70.3 Å². The minimum atomic E-state index is -4.75. The number of nitrogens with zero attached hydrogens (tertiary/aromatic N) is 10. The molecule has 0 saturated heterocycles. The van der Waals surface area contributed by atoms with Crippen molar-refractivity contribution in [1.82, 2.24) is 34.9 Å². The fourth-order valence-electron chi connectivity index (χ4n) is 14.0. The molecule has 12 aromatic rings. The van der Waals surface area contributed by atoms with Gasteiger partial charge in [0, 0.05) is 60.4 Å². The van der Waals surface area contributed by atoms with Crippen molar-refractivity contribution in [2.24, 2.45) is 0 Å². The summed E-state index contributed by atoms with van der Waals surface area (Å²) in [5, 5.41) is 7.58. The molecule has 113 heavy (non-hydrogen) atoms. The maximum absolute atomic E-state index is 13.9. The van der Waals surface area contributed by atoms with Gasteiger partial charge in [0.1, 0.15) is 5.82 Å². The van der Waals surface area contributed by atoms with Gasteiger partial charge in [0.05, 0.1) is 79.4 Å². The molecule has 0 unspecified atom stereocenters. The van der Waals surface area contributed by atoms with Gasteiger partial charge in [0.25, 0.3) is 17.7 Å². The van der Waals surface area contributed by atoms with Crippen LogP contribution in [0.3, 0.4) is 0 Å². The number of aryl methyl sites for hydroxylation is 1. The predicted molar refractivity (Wildman–Crippen MR) is 407 cm³/mol. The third kappa shape index (κ3) is 15.4. The lowest BCUT2D eigenvalue weighted by molar-refractivity contribution is -0.138. The zero-order valence-electron chi connectivity index (χ0n) is 61.1. The fourth-order valence-corrected chi connectivity index (χ4v) is 14.0. The van der Waals surface area contributed by atoms with Crippen molar-refractivity contribution in [3.8, 4) is 33.4 Å². The Morgan fingerprint density at radius 2 is 0.726 bits per heavy atom. The molecule has 0 radical (unpaired) electrons. The van der Waals surface area contributed by atoms with Crippen LogP contribution < -0.4 is 30.7 Å². The maximum Gasteiger partial charge on any atom is 0.417 e. The molecule has 3 N–H and O–H groups in total. The Bertz CT molecular complexity index is 5450. The molecule has 3 aliphatic rings. The van der Waals surface area contributed by atoms with Crippen molar-refractivity contribution in [2.75, 3.05) is 30.7 Å². The van der Waals surface area contributed by atoms with Gasteiger partial charge in [-0.25, -0.2) is 39.7 Å². The van der Waals surface area contributed by atoms with E-state index >= 15 is 0 Å². The Kier molecular flexibility index (Phi) is 20.8. The average molecular weight is 1540 g/mol. The number of amides is 6. The maximum atomic E-state index is 13.9. The Morgan fingerprint density at radius 3 is 1.12 bits per heavy atom. The molecule has 19 nitrogen and oxygen atoms in total. The van der Waals surface area contributed by atoms with E-state index in [2.05, 4.69) is 50.8 Å². The molecular formula is C85H66F9N13O6. The van der Waals surface area contributed by atoms with Crippen LogP contribution >= 0.6 is 0 Å². The summed E-state index contributed by atoms with van der Waals surface area (Å²) in [5.41, 5.74) is 0.535. The van der Waals surface area contributed by atoms with E-state index in [0.29, 0.717) is 84.3 Å². The largest absolute Gasteiger partial charge is 0.417 e. The average Bonchev–Trinajstić information content (AvgIpc) is 1.58. The van der Waals surface area contributed by atoms with Crippen LogP contribution in [-0.2, 0) is 55.7 Å². The van der Waals surface area contributed by atoms with Gasteiger partial charge in [-0.2, -0.15) is 39.5 Å². The van der Waals surface area contributed by atoms with E-state index in [4.69, 9.17) is 0 Å². The number of carbonyl (C=O) groups is 6. The van der Waals surface area contributed by atoms with Crippen molar-refractivity contribution >= 4 is 81.5 Å². The lowest BCUT2D eigenvalue weighted by Gasteiger charge is -2.21. The van der Waals surface area contributed by atoms with E-state index in [1.54, 1.807) is 192 Å². The number of rotatable bonds is 13. The highest BCUT2D eigenvalue weighted by Crippen LogP contribution is 2.53. The number of hydrogen-bond acceptors (Lipinski definition) is 13. The Morgan fingerprint density at radius 1 is 0.372 bits per heavy atom. The Balaban J connectivity index is 0.000000148. The third-order valence-corrected chi connectivity index (χ3v) is 19.4. The zero-order chi connectivity index (χ0) is 80.7. The number of aromatic nitrogens is 7. The van der Waals surface area contributed by atoms with Gasteiger partial charge in [0.15, 0.2) is 0 Å². The highest BCUT2D eigenvalue weighted by molar-refractivity contribution is 6.16. The molecule has 570 valence electrons. The second kappa shape index (κ2) is 30.3. The number of benzene rings is 8. The van der Waals surface area contributed by atoms with Crippen LogP contribution in [0.15, 0.2) is 244 Å². The van der Waals surface area contributed by atoms with E-state index in [1.165, 1.54) is 89.4 Å². The first-order chi connectivity index (χ1) is 53.6. The lowest BCUT2D eigenvalue weighted by Crippen LogP contribution is -2.36. The van der Waals surface area contributed by atoms with Gasteiger partial charge in [-0.3, -0.25) is 33.8 Å². The molecule has 0 atom stereocenters. The molecule has 8 aromatic carbocycles. The van der Waals surface area contributed by atoms with Crippen LogP contribution in [0.5, 0.6) is 0 Å². The van der Waals surface area contributed by atoms with Gasteiger partial charge in [0.2, 0.25) is 29.6 Å². The molecule has 3 aliphatic heterocycles. The summed E-state index contributed by atoms with van der Waals surface area (Å²) >= 11 is 0. The van der Waals surface area contributed by atoms with Crippen LogP contribution in [0.4, 0.5) is 85.5 Å². The highest BCUT2D eigenvalue weighted by atomic mass is 19.4. The molecule has 15 rings (SSSR count). The van der Waals surface area contributed by atoms with Crippen LogP contribution in [0.2, 0.25) is 0 Å². The molecule has 0 spiro atoms.